The number of hydrogen-bond donors (Lipinski definition) is 1. The van der Waals surface area contributed by atoms with Crippen molar-refractivity contribution in [3.63, 3.8) is 0 Å². The molecule has 2 nitrogen and oxygen atoms in total. The molecule has 2 N–H and O–H groups in total. The van der Waals surface area contributed by atoms with Crippen molar-refractivity contribution >= 4 is 5.69 Å². The standard InChI is InChI=1S/C11H17FN2/c1-3-14(4-2)10-5-6-11(12)9(7-10)8-13/h5-7H,3-4,8,13H2,1-2H3. The third-order valence-corrected chi connectivity index (χ3v) is 2.38. The van der Waals surface area contributed by atoms with Crippen LogP contribution in [0.15, 0.2) is 18.2 Å². The Kier molecular flexibility index (Phi) is 3.89. The Labute approximate surface area is 84.5 Å². The molecule has 0 aliphatic carbocycles. The minimum atomic E-state index is -0.219. The van der Waals surface area contributed by atoms with E-state index in [1.165, 1.54) is 6.07 Å². The lowest BCUT2D eigenvalue weighted by molar-refractivity contribution is 0.610. The lowest BCUT2D eigenvalue weighted by Crippen LogP contribution is -2.22. The normalized spacial score (nSPS) is 10.3. The zero-order valence-electron chi connectivity index (χ0n) is 8.76. The highest BCUT2D eigenvalue weighted by Gasteiger charge is 2.05. The predicted molar refractivity (Wildman–Crippen MR) is 57.9 cm³/mol. The van der Waals surface area contributed by atoms with Gasteiger partial charge in [0.05, 0.1) is 0 Å². The van der Waals surface area contributed by atoms with Crippen LogP contribution in [0.4, 0.5) is 10.1 Å². The van der Waals surface area contributed by atoms with Gasteiger partial charge < -0.3 is 10.6 Å². The molecule has 0 aliphatic heterocycles. The summed E-state index contributed by atoms with van der Waals surface area (Å²) in [7, 11) is 0. The lowest BCUT2D eigenvalue weighted by atomic mass is 10.1. The SMILES string of the molecule is CCN(CC)c1ccc(F)c(CN)c1. The van der Waals surface area contributed by atoms with Crippen LogP contribution in [0, 0.1) is 5.82 Å². The van der Waals surface area contributed by atoms with Gasteiger partial charge in [-0.3, -0.25) is 0 Å². The van der Waals surface area contributed by atoms with Crippen LogP contribution in [0.3, 0.4) is 0 Å². The Balaban J connectivity index is 2.98. The van der Waals surface area contributed by atoms with Crippen molar-refractivity contribution in [2.75, 3.05) is 18.0 Å². The van der Waals surface area contributed by atoms with Crippen LogP contribution in [-0.4, -0.2) is 13.1 Å². The van der Waals surface area contributed by atoms with Crippen molar-refractivity contribution in [1.29, 1.82) is 0 Å². The van der Waals surface area contributed by atoms with E-state index in [-0.39, 0.29) is 12.4 Å². The molecule has 0 amide bonds. The second-order valence-electron chi connectivity index (χ2n) is 3.15. The van der Waals surface area contributed by atoms with Crippen LogP contribution in [0.1, 0.15) is 19.4 Å². The van der Waals surface area contributed by atoms with Crippen molar-refractivity contribution in [3.05, 3.63) is 29.6 Å². The van der Waals surface area contributed by atoms with Gasteiger partial charge in [-0.25, -0.2) is 4.39 Å². The van der Waals surface area contributed by atoms with Gasteiger partial charge in [0, 0.05) is 30.9 Å². The van der Waals surface area contributed by atoms with E-state index in [1.54, 1.807) is 6.07 Å². The molecule has 0 unspecified atom stereocenters. The van der Waals surface area contributed by atoms with E-state index < -0.39 is 0 Å². The maximum atomic E-state index is 13.1. The first kappa shape index (κ1) is 11.0. The van der Waals surface area contributed by atoms with Gasteiger partial charge in [0.25, 0.3) is 0 Å². The fourth-order valence-electron chi connectivity index (χ4n) is 1.50. The molecule has 3 heteroatoms. The van der Waals surface area contributed by atoms with E-state index in [0.717, 1.165) is 18.8 Å². The molecule has 78 valence electrons. The summed E-state index contributed by atoms with van der Waals surface area (Å²) in [6.07, 6.45) is 0. The third kappa shape index (κ3) is 2.23. The monoisotopic (exact) mass is 196 g/mol. The fraction of sp³-hybridized carbons (Fsp3) is 0.455. The second kappa shape index (κ2) is 4.96. The first-order chi connectivity index (χ1) is 6.72. The minimum absolute atomic E-state index is 0.219. The number of rotatable bonds is 4. The van der Waals surface area contributed by atoms with E-state index in [0.29, 0.717) is 5.56 Å². The molecular weight excluding hydrogens is 179 g/mol. The molecule has 1 aromatic rings. The highest BCUT2D eigenvalue weighted by Crippen LogP contribution is 2.18. The summed E-state index contributed by atoms with van der Waals surface area (Å²) in [6, 6.07) is 5.10. The summed E-state index contributed by atoms with van der Waals surface area (Å²) in [6.45, 7) is 6.25. The van der Waals surface area contributed by atoms with E-state index in [2.05, 4.69) is 18.7 Å². The van der Waals surface area contributed by atoms with E-state index in [1.807, 2.05) is 6.07 Å². The van der Waals surface area contributed by atoms with Gasteiger partial charge in [-0.15, -0.1) is 0 Å². The molecule has 1 rings (SSSR count). The maximum absolute atomic E-state index is 13.1. The number of hydrogen-bond acceptors (Lipinski definition) is 2. The molecule has 0 radical (unpaired) electrons. The minimum Gasteiger partial charge on any atom is -0.372 e. The number of benzene rings is 1. The van der Waals surface area contributed by atoms with Crippen molar-refractivity contribution in [3.8, 4) is 0 Å². The Hall–Kier alpha value is -1.09. The fourth-order valence-corrected chi connectivity index (χ4v) is 1.50. The summed E-state index contributed by atoms with van der Waals surface area (Å²) in [4.78, 5) is 2.17. The van der Waals surface area contributed by atoms with Crippen LogP contribution >= 0.6 is 0 Å². The van der Waals surface area contributed by atoms with Crippen LogP contribution in [0.25, 0.3) is 0 Å². The molecule has 0 saturated carbocycles. The first-order valence-electron chi connectivity index (χ1n) is 4.96. The summed E-state index contributed by atoms with van der Waals surface area (Å²) < 4.78 is 13.1. The van der Waals surface area contributed by atoms with Crippen molar-refractivity contribution in [1.82, 2.24) is 0 Å². The Morgan fingerprint density at radius 3 is 2.43 bits per heavy atom. The summed E-state index contributed by atoms with van der Waals surface area (Å²) in [5.41, 5.74) is 7.06. The first-order valence-corrected chi connectivity index (χ1v) is 4.96. The van der Waals surface area contributed by atoms with Gasteiger partial charge in [0.2, 0.25) is 0 Å². The largest absolute Gasteiger partial charge is 0.372 e. The van der Waals surface area contributed by atoms with Gasteiger partial charge in [0.15, 0.2) is 0 Å². The quantitative estimate of drug-likeness (QED) is 0.799. The molecular formula is C11H17FN2. The highest BCUT2D eigenvalue weighted by molar-refractivity contribution is 5.48. The van der Waals surface area contributed by atoms with Gasteiger partial charge >= 0.3 is 0 Å². The Bertz CT molecular complexity index is 295. The zero-order valence-corrected chi connectivity index (χ0v) is 8.76. The molecule has 1 aromatic carbocycles. The predicted octanol–water partition coefficient (Wildman–Crippen LogP) is 2.13. The zero-order chi connectivity index (χ0) is 10.6. The molecule has 0 aromatic heterocycles. The van der Waals surface area contributed by atoms with Crippen LogP contribution in [-0.2, 0) is 6.54 Å². The van der Waals surface area contributed by atoms with Gasteiger partial charge in [0.1, 0.15) is 5.82 Å². The van der Waals surface area contributed by atoms with Crippen molar-refractivity contribution in [2.24, 2.45) is 5.73 Å². The van der Waals surface area contributed by atoms with Crippen molar-refractivity contribution < 1.29 is 4.39 Å². The van der Waals surface area contributed by atoms with Crippen molar-refractivity contribution in [2.45, 2.75) is 20.4 Å². The smallest absolute Gasteiger partial charge is 0.127 e. The van der Waals surface area contributed by atoms with Crippen LogP contribution in [0.5, 0.6) is 0 Å². The lowest BCUT2D eigenvalue weighted by Gasteiger charge is -2.21. The van der Waals surface area contributed by atoms with Crippen LogP contribution < -0.4 is 10.6 Å². The molecule has 0 spiro atoms. The second-order valence-corrected chi connectivity index (χ2v) is 3.15. The molecule has 0 saturated heterocycles. The van der Waals surface area contributed by atoms with Gasteiger partial charge in [-0.1, -0.05) is 0 Å². The molecule has 0 heterocycles. The molecule has 0 bridgehead atoms. The molecule has 0 atom stereocenters. The maximum Gasteiger partial charge on any atom is 0.127 e. The average molecular weight is 196 g/mol. The topological polar surface area (TPSA) is 29.3 Å². The Morgan fingerprint density at radius 2 is 1.93 bits per heavy atom. The highest BCUT2D eigenvalue weighted by atomic mass is 19.1. The van der Waals surface area contributed by atoms with E-state index in [9.17, 15) is 4.39 Å². The molecule has 0 fully saturated rings. The van der Waals surface area contributed by atoms with Gasteiger partial charge in [-0.05, 0) is 32.0 Å². The van der Waals surface area contributed by atoms with E-state index in [4.69, 9.17) is 5.73 Å². The summed E-state index contributed by atoms with van der Waals surface area (Å²) in [5.74, 6) is -0.219. The average Bonchev–Trinajstić information content (AvgIpc) is 2.22. The molecule has 0 aliphatic rings. The van der Waals surface area contributed by atoms with Gasteiger partial charge in [-0.2, -0.15) is 0 Å². The summed E-state index contributed by atoms with van der Waals surface area (Å²) >= 11 is 0. The number of halogens is 1. The molecule has 14 heavy (non-hydrogen) atoms. The number of anilines is 1. The van der Waals surface area contributed by atoms with Crippen LogP contribution in [0.2, 0.25) is 0 Å². The van der Waals surface area contributed by atoms with E-state index >= 15 is 0 Å². The number of nitrogens with zero attached hydrogens (tertiary/aromatic N) is 1. The Morgan fingerprint density at radius 1 is 1.29 bits per heavy atom. The number of nitrogens with two attached hydrogens (primary N) is 1. The summed E-state index contributed by atoms with van der Waals surface area (Å²) in [5, 5.41) is 0. The third-order valence-electron chi connectivity index (χ3n) is 2.38.